The summed E-state index contributed by atoms with van der Waals surface area (Å²) in [5.74, 6) is 0. The van der Waals surface area contributed by atoms with Crippen molar-refractivity contribution in [2.75, 3.05) is 11.9 Å². The lowest BCUT2D eigenvalue weighted by atomic mass is 9.87. The molecule has 4 heteroatoms. The molecule has 0 radical (unpaired) electrons. The second-order valence-corrected chi connectivity index (χ2v) is 6.09. The smallest absolute Gasteiger partial charge is 0.0854 e. The monoisotopic (exact) mass is 353 g/mol. The lowest BCUT2D eigenvalue weighted by Gasteiger charge is -2.34. The second-order valence-electron chi connectivity index (χ2n) is 4.74. The van der Waals surface area contributed by atoms with Gasteiger partial charge in [-0.05, 0) is 42.3 Å². The minimum Gasteiger partial charge on any atom is -0.394 e. The number of anilines is 1. The standard InChI is InChI=1S/C16H17BrClNO/c1-2-16(11-20,12-6-8-14(18)9-7-12)19-15-5-3-4-13(17)10-15/h3-10,19-20H,2,11H2,1H3. The van der Waals surface area contributed by atoms with Gasteiger partial charge in [-0.15, -0.1) is 0 Å². The Hall–Kier alpha value is -1.03. The Bertz CT molecular complexity index is 567. The molecule has 0 aromatic heterocycles. The first-order valence-corrected chi connectivity index (χ1v) is 7.67. The fraction of sp³-hybridized carbons (Fsp3) is 0.250. The highest BCUT2D eigenvalue weighted by Crippen LogP contribution is 2.31. The van der Waals surface area contributed by atoms with E-state index in [4.69, 9.17) is 11.6 Å². The molecule has 1 atom stereocenters. The van der Waals surface area contributed by atoms with Crippen molar-refractivity contribution in [2.45, 2.75) is 18.9 Å². The minimum absolute atomic E-state index is 0.0116. The van der Waals surface area contributed by atoms with Crippen molar-refractivity contribution in [1.82, 2.24) is 0 Å². The number of aliphatic hydroxyl groups is 1. The summed E-state index contributed by atoms with van der Waals surface area (Å²) in [6.07, 6.45) is 0.762. The molecule has 0 spiro atoms. The maximum atomic E-state index is 9.92. The molecule has 2 rings (SSSR count). The van der Waals surface area contributed by atoms with Gasteiger partial charge in [-0.3, -0.25) is 0 Å². The maximum Gasteiger partial charge on any atom is 0.0854 e. The van der Waals surface area contributed by atoms with E-state index in [1.807, 2.05) is 48.5 Å². The molecule has 2 nitrogen and oxygen atoms in total. The summed E-state index contributed by atoms with van der Waals surface area (Å²) in [5.41, 5.74) is 1.47. The lowest BCUT2D eigenvalue weighted by molar-refractivity contribution is 0.207. The zero-order valence-electron chi connectivity index (χ0n) is 11.2. The zero-order valence-corrected chi connectivity index (χ0v) is 13.6. The fourth-order valence-electron chi connectivity index (χ4n) is 2.22. The van der Waals surface area contributed by atoms with Gasteiger partial charge in [0.15, 0.2) is 0 Å². The van der Waals surface area contributed by atoms with E-state index in [1.165, 1.54) is 0 Å². The maximum absolute atomic E-state index is 9.92. The van der Waals surface area contributed by atoms with E-state index < -0.39 is 5.54 Å². The van der Waals surface area contributed by atoms with Gasteiger partial charge < -0.3 is 10.4 Å². The Morgan fingerprint density at radius 3 is 2.45 bits per heavy atom. The summed E-state index contributed by atoms with van der Waals surface area (Å²) in [6, 6.07) is 15.5. The van der Waals surface area contributed by atoms with Crippen molar-refractivity contribution in [1.29, 1.82) is 0 Å². The molecule has 0 heterocycles. The molecule has 2 N–H and O–H groups in total. The van der Waals surface area contributed by atoms with Gasteiger partial charge in [0.25, 0.3) is 0 Å². The largest absolute Gasteiger partial charge is 0.394 e. The summed E-state index contributed by atoms with van der Waals surface area (Å²) in [6.45, 7) is 2.06. The molecule has 0 bridgehead atoms. The molecule has 2 aromatic rings. The number of hydrogen-bond donors (Lipinski definition) is 2. The van der Waals surface area contributed by atoms with Crippen LogP contribution >= 0.6 is 27.5 Å². The van der Waals surface area contributed by atoms with E-state index in [0.717, 1.165) is 22.1 Å². The molecule has 0 aliphatic rings. The Morgan fingerprint density at radius 1 is 1.20 bits per heavy atom. The van der Waals surface area contributed by atoms with Gasteiger partial charge in [0, 0.05) is 15.2 Å². The van der Waals surface area contributed by atoms with E-state index in [9.17, 15) is 5.11 Å². The predicted octanol–water partition coefficient (Wildman–Crippen LogP) is 4.81. The Kier molecular flexibility index (Phi) is 5.08. The summed E-state index contributed by atoms with van der Waals surface area (Å²) in [5, 5.41) is 14.1. The summed E-state index contributed by atoms with van der Waals surface area (Å²) in [7, 11) is 0. The molecule has 0 aliphatic heterocycles. The topological polar surface area (TPSA) is 32.3 Å². The van der Waals surface area contributed by atoms with Crippen molar-refractivity contribution in [3.05, 3.63) is 63.6 Å². The van der Waals surface area contributed by atoms with Crippen LogP contribution in [-0.4, -0.2) is 11.7 Å². The van der Waals surface area contributed by atoms with Gasteiger partial charge in [0.1, 0.15) is 0 Å². The zero-order chi connectivity index (χ0) is 14.6. The van der Waals surface area contributed by atoms with Crippen molar-refractivity contribution >= 4 is 33.2 Å². The number of nitrogens with one attached hydrogen (secondary N) is 1. The van der Waals surface area contributed by atoms with Crippen LogP contribution in [0.15, 0.2) is 53.0 Å². The molecule has 2 aromatic carbocycles. The van der Waals surface area contributed by atoms with Gasteiger partial charge in [-0.2, -0.15) is 0 Å². The average Bonchev–Trinajstić information content (AvgIpc) is 2.46. The second kappa shape index (κ2) is 6.61. The number of benzene rings is 2. The quantitative estimate of drug-likeness (QED) is 0.807. The van der Waals surface area contributed by atoms with E-state index >= 15 is 0 Å². The molecule has 0 aliphatic carbocycles. The SMILES string of the molecule is CCC(CO)(Nc1cccc(Br)c1)c1ccc(Cl)cc1. The van der Waals surface area contributed by atoms with Crippen LogP contribution < -0.4 is 5.32 Å². The molecule has 0 amide bonds. The van der Waals surface area contributed by atoms with Crippen LogP contribution in [0, 0.1) is 0 Å². The fourth-order valence-corrected chi connectivity index (χ4v) is 2.74. The van der Waals surface area contributed by atoms with E-state index in [2.05, 4.69) is 28.2 Å². The first kappa shape index (κ1) is 15.4. The number of hydrogen-bond acceptors (Lipinski definition) is 2. The third kappa shape index (κ3) is 3.35. The highest BCUT2D eigenvalue weighted by Gasteiger charge is 2.29. The first-order chi connectivity index (χ1) is 9.59. The van der Waals surface area contributed by atoms with Crippen LogP contribution in [-0.2, 0) is 5.54 Å². The van der Waals surface area contributed by atoms with Crippen LogP contribution in [0.4, 0.5) is 5.69 Å². The molecular formula is C16H17BrClNO. The Labute approximate surface area is 132 Å². The Balaban J connectivity index is 2.36. The summed E-state index contributed by atoms with van der Waals surface area (Å²) >= 11 is 9.40. The normalized spacial score (nSPS) is 13.8. The highest BCUT2D eigenvalue weighted by molar-refractivity contribution is 9.10. The van der Waals surface area contributed by atoms with E-state index in [1.54, 1.807) is 0 Å². The van der Waals surface area contributed by atoms with Crippen LogP contribution in [0.5, 0.6) is 0 Å². The van der Waals surface area contributed by atoms with Gasteiger partial charge in [-0.1, -0.05) is 52.7 Å². The van der Waals surface area contributed by atoms with Gasteiger partial charge in [0.2, 0.25) is 0 Å². The average molecular weight is 355 g/mol. The van der Waals surface area contributed by atoms with Gasteiger partial charge in [0.05, 0.1) is 12.1 Å². The molecule has 106 valence electrons. The number of aliphatic hydroxyl groups excluding tert-OH is 1. The summed E-state index contributed by atoms with van der Waals surface area (Å²) < 4.78 is 1.00. The van der Waals surface area contributed by atoms with E-state index in [0.29, 0.717) is 5.02 Å². The van der Waals surface area contributed by atoms with Crippen LogP contribution in [0.3, 0.4) is 0 Å². The van der Waals surface area contributed by atoms with Gasteiger partial charge >= 0.3 is 0 Å². The van der Waals surface area contributed by atoms with Crippen molar-refractivity contribution in [2.24, 2.45) is 0 Å². The third-order valence-electron chi connectivity index (χ3n) is 3.48. The lowest BCUT2D eigenvalue weighted by Crippen LogP contribution is -2.38. The minimum atomic E-state index is -0.509. The van der Waals surface area contributed by atoms with Gasteiger partial charge in [-0.25, -0.2) is 0 Å². The molecule has 0 saturated heterocycles. The molecule has 0 saturated carbocycles. The molecule has 1 unspecified atom stereocenters. The molecule has 20 heavy (non-hydrogen) atoms. The van der Waals surface area contributed by atoms with Crippen LogP contribution in [0.25, 0.3) is 0 Å². The van der Waals surface area contributed by atoms with E-state index in [-0.39, 0.29) is 6.61 Å². The van der Waals surface area contributed by atoms with Crippen LogP contribution in [0.1, 0.15) is 18.9 Å². The third-order valence-corrected chi connectivity index (χ3v) is 4.22. The Morgan fingerprint density at radius 2 is 1.90 bits per heavy atom. The van der Waals surface area contributed by atoms with Crippen LogP contribution in [0.2, 0.25) is 5.02 Å². The van der Waals surface area contributed by atoms with Crippen molar-refractivity contribution in [3.8, 4) is 0 Å². The first-order valence-electron chi connectivity index (χ1n) is 6.50. The molecular weight excluding hydrogens is 338 g/mol. The number of rotatable bonds is 5. The molecule has 0 fully saturated rings. The van der Waals surface area contributed by atoms with Crippen molar-refractivity contribution in [3.63, 3.8) is 0 Å². The van der Waals surface area contributed by atoms with Crippen molar-refractivity contribution < 1.29 is 5.11 Å². The summed E-state index contributed by atoms with van der Waals surface area (Å²) in [4.78, 5) is 0. The number of halogens is 2. The highest BCUT2D eigenvalue weighted by atomic mass is 79.9. The predicted molar refractivity (Wildman–Crippen MR) is 88.3 cm³/mol.